The number of carbonyl (C=O) groups is 1. The number of carbonyl (C=O) groups excluding carboxylic acids is 1. The van der Waals surface area contributed by atoms with Crippen molar-refractivity contribution in [3.8, 4) is 17.3 Å². The maximum absolute atomic E-state index is 16.6. The van der Waals surface area contributed by atoms with Crippen LogP contribution in [0.5, 0.6) is 6.01 Å². The number of benzene rings is 2. The third kappa shape index (κ3) is 4.66. The van der Waals surface area contributed by atoms with Gasteiger partial charge in [0, 0.05) is 24.8 Å². The summed E-state index contributed by atoms with van der Waals surface area (Å²) in [5.74, 6) is -0.587. The number of halogens is 2. The first-order valence-corrected chi connectivity index (χ1v) is 13.8. The van der Waals surface area contributed by atoms with Crippen LogP contribution in [0.1, 0.15) is 50.7 Å². The Hall–Kier alpha value is -3.72. The van der Waals surface area contributed by atoms with Crippen molar-refractivity contribution in [2.24, 2.45) is 5.41 Å². The number of hydrogen-bond acceptors (Lipinski definition) is 7. The molecule has 2 aliphatic rings. The second kappa shape index (κ2) is 9.73. The summed E-state index contributed by atoms with van der Waals surface area (Å²) >= 11 is 0. The Morgan fingerprint density at radius 3 is 2.67 bits per heavy atom. The molecule has 1 aliphatic heterocycles. The molecular formula is C31H32F2N4O3. The second-order valence-corrected chi connectivity index (χ2v) is 11.6. The van der Waals surface area contributed by atoms with E-state index in [9.17, 15) is 14.3 Å². The summed E-state index contributed by atoms with van der Waals surface area (Å²) in [7, 11) is 0. The molecule has 40 heavy (non-hydrogen) atoms. The van der Waals surface area contributed by atoms with Crippen molar-refractivity contribution in [3.63, 3.8) is 0 Å². The largest absolute Gasteiger partial charge is 0.462 e. The smallest absolute Gasteiger partial charge is 0.319 e. The Morgan fingerprint density at radius 2 is 1.98 bits per heavy atom. The highest BCUT2D eigenvalue weighted by molar-refractivity contribution is 6.01. The first kappa shape index (κ1) is 26.5. The van der Waals surface area contributed by atoms with E-state index in [4.69, 9.17) is 4.74 Å². The number of nitrogens with zero attached hydrogens (tertiary/aromatic N) is 4. The van der Waals surface area contributed by atoms with E-state index < -0.39 is 16.8 Å². The van der Waals surface area contributed by atoms with Crippen molar-refractivity contribution in [2.45, 2.75) is 58.5 Å². The number of hydrogen-bond donors (Lipinski definition) is 1. The Bertz CT molecular complexity index is 1650. The van der Waals surface area contributed by atoms with Gasteiger partial charge in [0.1, 0.15) is 35.7 Å². The predicted octanol–water partition coefficient (Wildman–Crippen LogP) is 5.70. The minimum Gasteiger partial charge on any atom is -0.462 e. The van der Waals surface area contributed by atoms with Crippen LogP contribution in [0, 0.1) is 24.0 Å². The lowest BCUT2D eigenvalue weighted by molar-refractivity contribution is -0.113. The molecule has 1 saturated carbocycles. The molecule has 0 spiro atoms. The highest BCUT2D eigenvalue weighted by Crippen LogP contribution is 2.44. The molecule has 2 aromatic carbocycles. The van der Waals surface area contributed by atoms with E-state index in [1.165, 1.54) is 6.07 Å². The normalized spacial score (nSPS) is 20.2. The molecule has 7 nitrogen and oxygen atoms in total. The van der Waals surface area contributed by atoms with Gasteiger partial charge in [-0.3, -0.25) is 4.98 Å². The number of aryl methyl sites for hydroxylation is 2. The molecule has 0 unspecified atom stereocenters. The van der Waals surface area contributed by atoms with E-state index in [2.05, 4.69) is 15.0 Å². The van der Waals surface area contributed by atoms with Crippen molar-refractivity contribution >= 4 is 33.8 Å². The van der Waals surface area contributed by atoms with Gasteiger partial charge in [0.15, 0.2) is 5.82 Å². The molecule has 208 valence electrons. The average Bonchev–Trinajstić information content (AvgIpc) is 3.72. The first-order chi connectivity index (χ1) is 19.1. The number of β-amino-alcohol motifs (C(OH)–C–C–N with tert-alkyl or cyclic N) is 1. The molecule has 0 bridgehead atoms. The second-order valence-electron chi connectivity index (χ2n) is 11.6. The van der Waals surface area contributed by atoms with Crippen LogP contribution in [0.2, 0.25) is 0 Å². The maximum Gasteiger partial charge on any atom is 0.319 e. The van der Waals surface area contributed by atoms with Gasteiger partial charge in [-0.2, -0.15) is 9.97 Å². The lowest BCUT2D eigenvalue weighted by atomic mass is 9.93. The summed E-state index contributed by atoms with van der Waals surface area (Å²) in [6, 6.07) is 6.88. The number of aliphatic hydroxyl groups is 1. The van der Waals surface area contributed by atoms with Crippen LogP contribution in [-0.2, 0) is 11.2 Å². The van der Waals surface area contributed by atoms with Gasteiger partial charge < -0.3 is 19.5 Å². The van der Waals surface area contributed by atoms with Crippen LogP contribution in [-0.4, -0.2) is 51.6 Å². The van der Waals surface area contributed by atoms with Gasteiger partial charge in [-0.25, -0.2) is 8.78 Å². The molecular weight excluding hydrogens is 514 g/mol. The number of piperidine rings is 1. The Balaban J connectivity index is 1.55. The number of anilines is 1. The number of pyridine rings is 1. The molecule has 1 aliphatic carbocycles. The summed E-state index contributed by atoms with van der Waals surface area (Å²) in [6.07, 6.45) is 5.71. The summed E-state index contributed by atoms with van der Waals surface area (Å²) in [5.41, 5.74) is 0.497. The summed E-state index contributed by atoms with van der Waals surface area (Å²) in [5, 5.41) is 12.6. The monoisotopic (exact) mass is 546 g/mol. The maximum atomic E-state index is 16.6. The van der Waals surface area contributed by atoms with Gasteiger partial charge in [-0.15, -0.1) is 0 Å². The number of aldehydes is 1. The Labute approximate surface area is 231 Å². The van der Waals surface area contributed by atoms with Crippen molar-refractivity contribution < 1.29 is 23.4 Å². The Morgan fingerprint density at radius 1 is 1.18 bits per heavy atom. The van der Waals surface area contributed by atoms with Gasteiger partial charge in [0.05, 0.1) is 16.4 Å². The third-order valence-corrected chi connectivity index (χ3v) is 8.17. The van der Waals surface area contributed by atoms with Crippen molar-refractivity contribution in [1.82, 2.24) is 15.0 Å². The molecule has 2 aromatic heterocycles. The fourth-order valence-corrected chi connectivity index (χ4v) is 5.78. The standard InChI is InChI=1S/C31H32F2N4O3/c1-4-20-23(32)7-6-19-12-18(2)13-21(24(19)20)26-25(33)27-22(14-34-26)28(37-11-5-8-30(3,39)15-37)36-29(35-27)40-17-31(16-38)9-10-31/h6-7,12-14,16,39H,4-5,8-11,15,17H2,1-3H3/t30-/m1/s1. The van der Waals surface area contributed by atoms with E-state index in [1.807, 2.05) is 30.9 Å². The SMILES string of the molecule is CCc1c(F)ccc2cc(C)cc(-c3ncc4c(N5CCC[C@@](C)(O)C5)nc(OCC5(C=O)CC5)nc4c3F)c12. The van der Waals surface area contributed by atoms with E-state index in [0.29, 0.717) is 53.6 Å². The van der Waals surface area contributed by atoms with E-state index in [0.717, 1.165) is 36.5 Å². The van der Waals surface area contributed by atoms with Gasteiger partial charge in [0.2, 0.25) is 0 Å². The average molecular weight is 547 g/mol. The summed E-state index contributed by atoms with van der Waals surface area (Å²) in [6.45, 7) is 6.58. The fraction of sp³-hybridized carbons (Fsp3) is 0.419. The molecule has 1 atom stereocenters. The Kier molecular flexibility index (Phi) is 6.45. The van der Waals surface area contributed by atoms with Crippen LogP contribution in [0.3, 0.4) is 0 Å². The van der Waals surface area contributed by atoms with Gasteiger partial charge in [-0.05, 0) is 80.0 Å². The number of rotatable bonds is 7. The topological polar surface area (TPSA) is 88.4 Å². The number of fused-ring (bicyclic) bond motifs is 2. The summed E-state index contributed by atoms with van der Waals surface area (Å²) in [4.78, 5) is 27.0. The number of aromatic nitrogens is 3. The molecule has 0 radical (unpaired) electrons. The molecule has 4 aromatic rings. The van der Waals surface area contributed by atoms with Crippen LogP contribution in [0.15, 0.2) is 30.5 Å². The molecule has 1 saturated heterocycles. The molecule has 6 rings (SSSR count). The molecule has 0 amide bonds. The molecule has 1 N–H and O–H groups in total. The molecule has 9 heteroatoms. The highest BCUT2D eigenvalue weighted by atomic mass is 19.1. The molecule has 2 fully saturated rings. The lowest BCUT2D eigenvalue weighted by Gasteiger charge is -2.37. The quantitative estimate of drug-likeness (QED) is 0.297. The minimum atomic E-state index is -0.931. The van der Waals surface area contributed by atoms with Gasteiger partial charge in [-0.1, -0.05) is 19.1 Å². The lowest BCUT2D eigenvalue weighted by Crippen LogP contribution is -2.46. The van der Waals surface area contributed by atoms with Gasteiger partial charge in [0.25, 0.3) is 0 Å². The summed E-state index contributed by atoms with van der Waals surface area (Å²) < 4.78 is 37.3. The van der Waals surface area contributed by atoms with E-state index in [-0.39, 0.29) is 29.6 Å². The molecule has 3 heterocycles. The van der Waals surface area contributed by atoms with Crippen molar-refractivity contribution in [1.29, 1.82) is 0 Å². The zero-order valence-corrected chi connectivity index (χ0v) is 22.9. The third-order valence-electron chi connectivity index (χ3n) is 8.17. The highest BCUT2D eigenvalue weighted by Gasteiger charge is 2.44. The first-order valence-electron chi connectivity index (χ1n) is 13.8. The minimum absolute atomic E-state index is 0.0234. The van der Waals surface area contributed by atoms with Crippen molar-refractivity contribution in [2.75, 3.05) is 24.6 Å². The van der Waals surface area contributed by atoms with Crippen LogP contribution in [0.25, 0.3) is 32.9 Å². The van der Waals surface area contributed by atoms with Crippen LogP contribution in [0.4, 0.5) is 14.6 Å². The predicted molar refractivity (Wildman–Crippen MR) is 150 cm³/mol. The van der Waals surface area contributed by atoms with Crippen LogP contribution >= 0.6 is 0 Å². The van der Waals surface area contributed by atoms with Crippen LogP contribution < -0.4 is 9.64 Å². The zero-order chi connectivity index (χ0) is 28.2. The van der Waals surface area contributed by atoms with E-state index in [1.54, 1.807) is 19.2 Å². The van der Waals surface area contributed by atoms with Gasteiger partial charge >= 0.3 is 6.01 Å². The zero-order valence-electron chi connectivity index (χ0n) is 22.9. The fourth-order valence-electron chi connectivity index (χ4n) is 5.78. The van der Waals surface area contributed by atoms with E-state index >= 15 is 4.39 Å². The van der Waals surface area contributed by atoms with Crippen molar-refractivity contribution in [3.05, 3.63) is 53.2 Å². The number of ether oxygens (including phenoxy) is 1.